The second-order valence-corrected chi connectivity index (χ2v) is 11.2. The van der Waals surface area contributed by atoms with Crippen LogP contribution in [0.5, 0.6) is 28.7 Å². The highest BCUT2D eigenvalue weighted by atomic mass is 31.2. The molecule has 0 aliphatic rings. The smallest absolute Gasteiger partial charge is 0.493 e. The Labute approximate surface area is 295 Å². The maximum Gasteiger partial charge on any atom is 0.524 e. The highest BCUT2D eigenvalue weighted by molar-refractivity contribution is 7.46. The van der Waals surface area contributed by atoms with Crippen LogP contribution in [0, 0.1) is 0 Å². The topological polar surface area (TPSA) is 359 Å². The zero-order chi connectivity index (χ0) is 39.1. The zero-order valence-corrected chi connectivity index (χ0v) is 29.7. The largest absolute Gasteiger partial charge is 0.524 e. The first kappa shape index (κ1) is 45.7. The number of methoxy groups -OCH3 is 4. The van der Waals surface area contributed by atoms with Gasteiger partial charge in [0.1, 0.15) is 12.1 Å². The van der Waals surface area contributed by atoms with Crippen molar-refractivity contribution in [2.75, 3.05) is 41.5 Å². The minimum Gasteiger partial charge on any atom is -0.493 e. The number of phosphoric ester groups is 1. The normalized spacial score (nSPS) is 11.7. The van der Waals surface area contributed by atoms with Crippen LogP contribution in [0.4, 0.5) is 0 Å². The number of phosphoric acid groups is 1. The molecular weight excluding hydrogens is 695 g/mol. The maximum absolute atomic E-state index is 11.1. The first-order valence-electron chi connectivity index (χ1n) is 14.9. The van der Waals surface area contributed by atoms with Crippen molar-refractivity contribution in [3.63, 3.8) is 0 Å². The van der Waals surface area contributed by atoms with Crippen LogP contribution in [-0.4, -0.2) is 97.5 Å². The van der Waals surface area contributed by atoms with E-state index in [9.17, 15) is 14.2 Å². The van der Waals surface area contributed by atoms with E-state index in [1.165, 1.54) is 34.5 Å². The van der Waals surface area contributed by atoms with Crippen LogP contribution in [0.25, 0.3) is 12.2 Å². The molecule has 2 unspecified atom stereocenters. The van der Waals surface area contributed by atoms with Crippen molar-refractivity contribution in [2.24, 2.45) is 44.4 Å². The Morgan fingerprint density at radius 1 is 0.706 bits per heavy atom. The average molecular weight is 745 g/mol. The van der Waals surface area contributed by atoms with Gasteiger partial charge in [0.25, 0.3) is 0 Å². The third-order valence-corrected chi connectivity index (χ3v) is 6.56. The molecule has 0 saturated carbocycles. The molecule has 2 atom stereocenters. The number of aliphatic carboxylic acids is 2. The molecule has 2 aromatic carbocycles. The monoisotopic (exact) mass is 744 g/mol. The number of nitrogens with zero attached hydrogens (tertiary/aromatic N) is 2. The van der Waals surface area contributed by atoms with Gasteiger partial charge in [-0.05, 0) is 61.1 Å². The molecule has 0 heterocycles. The number of nitrogens with two attached hydrogens (primary N) is 6. The van der Waals surface area contributed by atoms with Gasteiger partial charge in [-0.15, -0.1) is 0 Å². The third kappa shape index (κ3) is 20.1. The summed E-state index contributed by atoms with van der Waals surface area (Å²) in [6.07, 6.45) is 5.44. The predicted molar refractivity (Wildman–Crippen MR) is 192 cm³/mol. The number of carboxylic acids is 2. The Hall–Kier alpha value is -5.27. The number of benzene rings is 2. The molecule has 51 heavy (non-hydrogen) atoms. The summed E-state index contributed by atoms with van der Waals surface area (Å²) >= 11 is 0. The molecule has 16 N–H and O–H groups in total. The lowest BCUT2D eigenvalue weighted by molar-refractivity contribution is -0.139. The summed E-state index contributed by atoms with van der Waals surface area (Å²) in [5.41, 5.74) is 32.1. The van der Waals surface area contributed by atoms with Crippen molar-refractivity contribution >= 4 is 43.8 Å². The molecule has 2 rings (SSSR count). The van der Waals surface area contributed by atoms with Crippen LogP contribution >= 0.6 is 7.82 Å². The summed E-state index contributed by atoms with van der Waals surface area (Å²) in [5.74, 6) is -0.314. The van der Waals surface area contributed by atoms with Crippen molar-refractivity contribution in [1.29, 1.82) is 0 Å². The molecule has 21 heteroatoms. The number of ether oxygens (including phenoxy) is 4. The molecule has 286 valence electrons. The van der Waals surface area contributed by atoms with E-state index >= 15 is 0 Å². The van der Waals surface area contributed by atoms with Gasteiger partial charge in [-0.25, -0.2) is 4.57 Å². The fourth-order valence-corrected chi connectivity index (χ4v) is 4.07. The second kappa shape index (κ2) is 24.0. The quantitative estimate of drug-likeness (QED) is 0.0322. The fraction of sp³-hybridized carbons (Fsp3) is 0.400. The Morgan fingerprint density at radius 3 is 1.47 bits per heavy atom. The van der Waals surface area contributed by atoms with Crippen molar-refractivity contribution in [2.45, 2.75) is 37.8 Å². The van der Waals surface area contributed by atoms with E-state index in [0.29, 0.717) is 61.6 Å². The van der Waals surface area contributed by atoms with E-state index in [0.717, 1.165) is 5.56 Å². The van der Waals surface area contributed by atoms with E-state index in [2.05, 4.69) is 14.5 Å². The summed E-state index contributed by atoms with van der Waals surface area (Å²) in [4.78, 5) is 45.9. The lowest BCUT2D eigenvalue weighted by Crippen LogP contribution is -2.30. The number of carboxylic acid groups (broad SMARTS) is 2. The van der Waals surface area contributed by atoms with E-state index < -0.39 is 31.8 Å². The zero-order valence-electron chi connectivity index (χ0n) is 28.8. The van der Waals surface area contributed by atoms with E-state index in [1.54, 1.807) is 36.4 Å². The minimum absolute atomic E-state index is 0.0129. The summed E-state index contributed by atoms with van der Waals surface area (Å²) in [6, 6.07) is 6.65. The van der Waals surface area contributed by atoms with Crippen LogP contribution < -0.4 is 57.9 Å². The number of hydrogen-bond acceptors (Lipinski definition) is 12. The Morgan fingerprint density at radius 2 is 1.12 bits per heavy atom. The second-order valence-electron chi connectivity index (χ2n) is 10.1. The molecule has 0 aliphatic carbocycles. The Kier molecular flexibility index (Phi) is 21.5. The standard InChI is InChI=1S/C18H21O8P.2C6H14N4O2/c1-22-14-8-7-12(9-15(14)26-27(19,20)21)5-6-13-10-16(23-2)18(25-4)17(11-13)24-3;2*7-4(5(11)12)2-1-3-10-6(8)9/h5-11H,1-4H3,(H2,19,20,21);2*4H,1-3,7H2,(H,11,12)(H4,8,9,10)/b6-5-;;. The Balaban J connectivity index is 0.000000865. The summed E-state index contributed by atoms with van der Waals surface area (Å²) in [7, 11) is 1.26. The average Bonchev–Trinajstić information content (AvgIpc) is 3.06. The lowest BCUT2D eigenvalue weighted by Gasteiger charge is -2.13. The first-order chi connectivity index (χ1) is 23.9. The SMILES string of the molecule is COc1ccc(/C=C\c2cc(OC)c(OC)c(OC)c2)cc1OP(=O)(O)O.NC(N)=NCCCC(N)C(=O)O.NC(N)=NCCCC(N)C(=O)O. The van der Waals surface area contributed by atoms with Gasteiger partial charge in [0.15, 0.2) is 34.9 Å². The lowest BCUT2D eigenvalue weighted by atomic mass is 10.1. The van der Waals surface area contributed by atoms with Gasteiger partial charge in [-0.3, -0.25) is 29.4 Å². The number of aliphatic imine (C=N–C) groups is 2. The van der Waals surface area contributed by atoms with Gasteiger partial charge >= 0.3 is 19.8 Å². The van der Waals surface area contributed by atoms with Gasteiger partial charge in [0.05, 0.1) is 28.4 Å². The molecular formula is C30H49N8O12P. The molecule has 0 bridgehead atoms. The van der Waals surface area contributed by atoms with Crippen LogP contribution in [-0.2, 0) is 14.2 Å². The summed E-state index contributed by atoms with van der Waals surface area (Å²) in [6.45, 7) is 0.840. The fourth-order valence-electron chi connectivity index (χ4n) is 3.67. The number of carbonyl (C=O) groups is 2. The minimum atomic E-state index is -4.71. The first-order valence-corrected chi connectivity index (χ1v) is 16.4. The van der Waals surface area contributed by atoms with Gasteiger partial charge in [0, 0.05) is 13.1 Å². The van der Waals surface area contributed by atoms with Crippen LogP contribution in [0.2, 0.25) is 0 Å². The highest BCUT2D eigenvalue weighted by Gasteiger charge is 2.19. The van der Waals surface area contributed by atoms with Crippen LogP contribution in [0.1, 0.15) is 36.8 Å². The number of hydrogen-bond donors (Lipinski definition) is 10. The molecule has 0 aliphatic heterocycles. The maximum atomic E-state index is 11.1. The van der Waals surface area contributed by atoms with Gasteiger partial charge in [-0.2, -0.15) is 0 Å². The molecule has 0 fully saturated rings. The third-order valence-electron chi connectivity index (χ3n) is 6.13. The van der Waals surface area contributed by atoms with E-state index in [4.69, 9.17) is 73.3 Å². The van der Waals surface area contributed by atoms with Gasteiger partial charge in [0.2, 0.25) is 5.75 Å². The van der Waals surface area contributed by atoms with Crippen LogP contribution in [0.15, 0.2) is 40.3 Å². The van der Waals surface area contributed by atoms with Crippen LogP contribution in [0.3, 0.4) is 0 Å². The highest BCUT2D eigenvalue weighted by Crippen LogP contribution is 2.42. The molecule has 0 radical (unpaired) electrons. The molecule has 0 aromatic heterocycles. The summed E-state index contributed by atoms with van der Waals surface area (Å²) < 4.78 is 36.8. The number of guanidine groups is 2. The van der Waals surface area contributed by atoms with Crippen molar-refractivity contribution in [3.8, 4) is 28.7 Å². The molecule has 0 saturated heterocycles. The van der Waals surface area contributed by atoms with Crippen molar-refractivity contribution < 1.29 is 57.6 Å². The van der Waals surface area contributed by atoms with E-state index in [1.807, 2.05) is 0 Å². The Bertz CT molecular complexity index is 1460. The van der Waals surface area contributed by atoms with Crippen molar-refractivity contribution in [1.82, 2.24) is 0 Å². The molecule has 0 amide bonds. The van der Waals surface area contributed by atoms with E-state index in [-0.39, 0.29) is 23.4 Å². The molecule has 20 nitrogen and oxygen atoms in total. The summed E-state index contributed by atoms with van der Waals surface area (Å²) in [5, 5.41) is 16.8. The van der Waals surface area contributed by atoms with Gasteiger partial charge in [-0.1, -0.05) is 18.2 Å². The number of rotatable bonds is 18. The predicted octanol–water partition coefficient (Wildman–Crippen LogP) is 0.267. The van der Waals surface area contributed by atoms with Gasteiger partial charge < -0.3 is 68.1 Å². The van der Waals surface area contributed by atoms with Crippen molar-refractivity contribution in [3.05, 3.63) is 41.5 Å². The molecule has 0 spiro atoms. The molecule has 2 aromatic rings.